The first-order chi connectivity index (χ1) is 9.52. The van der Waals surface area contributed by atoms with Crippen molar-refractivity contribution in [1.82, 2.24) is 19.8 Å². The molecule has 0 unspecified atom stereocenters. The Kier molecular flexibility index (Phi) is 4.05. The number of carbonyl (C=O) groups is 1. The van der Waals surface area contributed by atoms with Crippen molar-refractivity contribution in [2.24, 2.45) is 0 Å². The molecule has 104 valence electrons. The summed E-state index contributed by atoms with van der Waals surface area (Å²) in [6, 6.07) is 7.32. The molecular weight excluding hydrogens is 274 g/mol. The Bertz CT molecular complexity index is 737. The molecule has 2 aromatic rings. The standard InChI is InChI=1S/C13H15N5OS/c1-17(2)12(19)15-5-6-18-11-7-9(8-14)3-4-10(11)16-13(18)20/h3-4,7H,5-6H2,1-2H3,(H,15,19)(H,16,20). The molecule has 1 aromatic carbocycles. The van der Waals surface area contributed by atoms with Gasteiger partial charge < -0.3 is 19.8 Å². The Morgan fingerprint density at radius 2 is 2.30 bits per heavy atom. The number of benzene rings is 1. The molecule has 1 aromatic heterocycles. The summed E-state index contributed by atoms with van der Waals surface area (Å²) < 4.78 is 2.45. The van der Waals surface area contributed by atoms with Gasteiger partial charge in [-0.1, -0.05) is 0 Å². The van der Waals surface area contributed by atoms with Crippen molar-refractivity contribution in [3.05, 3.63) is 28.5 Å². The number of aromatic amines is 1. The maximum atomic E-state index is 11.4. The van der Waals surface area contributed by atoms with Crippen molar-refractivity contribution < 1.29 is 4.79 Å². The zero-order valence-electron chi connectivity index (χ0n) is 11.3. The highest BCUT2D eigenvalue weighted by Crippen LogP contribution is 2.15. The number of aromatic nitrogens is 2. The van der Waals surface area contributed by atoms with Crippen molar-refractivity contribution in [3.63, 3.8) is 0 Å². The van der Waals surface area contributed by atoms with E-state index in [0.717, 1.165) is 11.0 Å². The largest absolute Gasteiger partial charge is 0.336 e. The van der Waals surface area contributed by atoms with E-state index in [2.05, 4.69) is 16.4 Å². The zero-order chi connectivity index (χ0) is 14.7. The van der Waals surface area contributed by atoms with Crippen molar-refractivity contribution in [1.29, 1.82) is 5.26 Å². The van der Waals surface area contributed by atoms with Crippen LogP contribution in [0.4, 0.5) is 4.79 Å². The molecule has 0 saturated heterocycles. The van der Waals surface area contributed by atoms with E-state index in [-0.39, 0.29) is 6.03 Å². The molecule has 0 aliphatic rings. The molecule has 2 N–H and O–H groups in total. The Morgan fingerprint density at radius 1 is 1.55 bits per heavy atom. The zero-order valence-corrected chi connectivity index (χ0v) is 12.1. The number of hydrogen-bond donors (Lipinski definition) is 2. The number of amides is 2. The van der Waals surface area contributed by atoms with Crippen molar-refractivity contribution in [2.45, 2.75) is 6.54 Å². The van der Waals surface area contributed by atoms with Crippen LogP contribution < -0.4 is 5.32 Å². The van der Waals surface area contributed by atoms with Crippen LogP contribution in [-0.4, -0.2) is 41.1 Å². The molecule has 20 heavy (non-hydrogen) atoms. The van der Waals surface area contributed by atoms with Crippen LogP contribution >= 0.6 is 12.2 Å². The monoisotopic (exact) mass is 289 g/mol. The van der Waals surface area contributed by atoms with Gasteiger partial charge in [-0.25, -0.2) is 4.79 Å². The van der Waals surface area contributed by atoms with Gasteiger partial charge in [-0.05, 0) is 30.4 Å². The van der Waals surface area contributed by atoms with Gasteiger partial charge in [0.2, 0.25) is 0 Å². The van der Waals surface area contributed by atoms with Crippen LogP contribution in [0.25, 0.3) is 11.0 Å². The summed E-state index contributed by atoms with van der Waals surface area (Å²) in [7, 11) is 3.37. The minimum atomic E-state index is -0.144. The van der Waals surface area contributed by atoms with E-state index in [4.69, 9.17) is 17.5 Å². The normalized spacial score (nSPS) is 10.2. The van der Waals surface area contributed by atoms with Gasteiger partial charge in [-0.15, -0.1) is 0 Å². The van der Waals surface area contributed by atoms with Crippen LogP contribution in [0, 0.1) is 16.1 Å². The summed E-state index contributed by atoms with van der Waals surface area (Å²) in [6.07, 6.45) is 0. The van der Waals surface area contributed by atoms with Gasteiger partial charge in [0.05, 0.1) is 22.7 Å². The highest BCUT2D eigenvalue weighted by molar-refractivity contribution is 7.71. The van der Waals surface area contributed by atoms with Crippen molar-refractivity contribution >= 4 is 29.3 Å². The van der Waals surface area contributed by atoms with Gasteiger partial charge in [0.1, 0.15) is 0 Å². The van der Waals surface area contributed by atoms with Crippen molar-refractivity contribution in [3.8, 4) is 6.07 Å². The van der Waals surface area contributed by atoms with Crippen LogP contribution in [0.3, 0.4) is 0 Å². The highest BCUT2D eigenvalue weighted by Gasteiger charge is 2.07. The summed E-state index contributed by atoms with van der Waals surface area (Å²) in [5, 5.41) is 11.7. The fraction of sp³-hybridized carbons (Fsp3) is 0.308. The lowest BCUT2D eigenvalue weighted by Gasteiger charge is -2.12. The number of carbonyl (C=O) groups excluding carboxylic acids is 1. The topological polar surface area (TPSA) is 76.8 Å². The highest BCUT2D eigenvalue weighted by atomic mass is 32.1. The summed E-state index contributed by atoms with van der Waals surface area (Å²) in [5.74, 6) is 0. The predicted octanol–water partition coefficient (Wildman–Crippen LogP) is 1.84. The van der Waals surface area contributed by atoms with Crippen LogP contribution in [0.15, 0.2) is 18.2 Å². The molecule has 7 heteroatoms. The molecule has 0 radical (unpaired) electrons. The number of nitriles is 1. The van der Waals surface area contributed by atoms with Gasteiger partial charge in [-0.3, -0.25) is 0 Å². The average Bonchev–Trinajstić information content (AvgIpc) is 2.74. The third-order valence-electron chi connectivity index (χ3n) is 2.92. The van der Waals surface area contributed by atoms with Crippen LogP contribution in [0.2, 0.25) is 0 Å². The fourth-order valence-electron chi connectivity index (χ4n) is 1.88. The predicted molar refractivity (Wildman–Crippen MR) is 78.9 cm³/mol. The third-order valence-corrected chi connectivity index (χ3v) is 3.24. The lowest BCUT2D eigenvalue weighted by atomic mass is 10.2. The lowest BCUT2D eigenvalue weighted by molar-refractivity contribution is 0.217. The number of fused-ring (bicyclic) bond motifs is 1. The van der Waals surface area contributed by atoms with E-state index in [1.54, 1.807) is 26.2 Å². The van der Waals surface area contributed by atoms with E-state index in [0.29, 0.717) is 23.4 Å². The number of nitrogens with zero attached hydrogens (tertiary/aromatic N) is 3. The number of urea groups is 1. The summed E-state index contributed by atoms with van der Waals surface area (Å²) >= 11 is 5.26. The molecular formula is C13H15N5OS. The summed E-state index contributed by atoms with van der Waals surface area (Å²) in [6.45, 7) is 1.02. The quantitative estimate of drug-likeness (QED) is 0.846. The number of rotatable bonds is 3. The van der Waals surface area contributed by atoms with Gasteiger partial charge in [-0.2, -0.15) is 5.26 Å². The van der Waals surface area contributed by atoms with E-state index in [1.165, 1.54) is 4.90 Å². The van der Waals surface area contributed by atoms with Crippen LogP contribution in [0.1, 0.15) is 5.56 Å². The Hall–Kier alpha value is -2.33. The van der Waals surface area contributed by atoms with Gasteiger partial charge in [0.15, 0.2) is 4.77 Å². The van der Waals surface area contributed by atoms with Crippen molar-refractivity contribution in [2.75, 3.05) is 20.6 Å². The number of imidazole rings is 1. The second-order valence-corrected chi connectivity index (χ2v) is 4.94. The smallest absolute Gasteiger partial charge is 0.316 e. The maximum absolute atomic E-state index is 11.4. The third kappa shape index (κ3) is 2.81. The number of H-pyrrole nitrogens is 1. The minimum Gasteiger partial charge on any atom is -0.336 e. The molecule has 2 rings (SSSR count). The fourth-order valence-corrected chi connectivity index (χ4v) is 2.18. The average molecular weight is 289 g/mol. The van der Waals surface area contributed by atoms with E-state index >= 15 is 0 Å². The molecule has 2 amide bonds. The molecule has 0 saturated carbocycles. The van der Waals surface area contributed by atoms with E-state index in [1.807, 2.05) is 10.6 Å². The van der Waals surface area contributed by atoms with Gasteiger partial charge >= 0.3 is 6.03 Å². The molecule has 6 nitrogen and oxygen atoms in total. The Morgan fingerprint density at radius 3 is 2.95 bits per heavy atom. The van der Waals surface area contributed by atoms with Crippen LogP contribution in [0.5, 0.6) is 0 Å². The molecule has 1 heterocycles. The maximum Gasteiger partial charge on any atom is 0.316 e. The second-order valence-electron chi connectivity index (χ2n) is 4.55. The number of hydrogen-bond acceptors (Lipinski definition) is 3. The second kappa shape index (κ2) is 5.75. The lowest BCUT2D eigenvalue weighted by Crippen LogP contribution is -2.36. The first kappa shape index (κ1) is 14.1. The molecule has 0 aliphatic heterocycles. The van der Waals surface area contributed by atoms with E-state index in [9.17, 15) is 4.79 Å². The summed E-state index contributed by atoms with van der Waals surface area (Å²) in [4.78, 5) is 16.0. The Balaban J connectivity index is 2.21. The molecule has 0 bridgehead atoms. The SMILES string of the molecule is CN(C)C(=O)NCCn1c(=S)[nH]c2ccc(C#N)cc21. The first-order valence-electron chi connectivity index (χ1n) is 6.10. The molecule has 0 atom stereocenters. The first-order valence-corrected chi connectivity index (χ1v) is 6.51. The van der Waals surface area contributed by atoms with Crippen LogP contribution in [-0.2, 0) is 6.54 Å². The molecule has 0 fully saturated rings. The molecule has 0 spiro atoms. The van der Waals surface area contributed by atoms with Gasteiger partial charge in [0.25, 0.3) is 0 Å². The molecule has 0 aliphatic carbocycles. The van der Waals surface area contributed by atoms with E-state index < -0.39 is 0 Å². The Labute approximate surface area is 121 Å². The van der Waals surface area contributed by atoms with Gasteiger partial charge in [0, 0.05) is 27.2 Å². The minimum absolute atomic E-state index is 0.144. The number of nitrogens with one attached hydrogen (secondary N) is 2. The summed E-state index contributed by atoms with van der Waals surface area (Å²) in [5.41, 5.74) is 2.33.